The summed E-state index contributed by atoms with van der Waals surface area (Å²) in [5.74, 6) is 5.23. The van der Waals surface area contributed by atoms with E-state index in [0.29, 0.717) is 0 Å². The van der Waals surface area contributed by atoms with Gasteiger partial charge in [-0.3, -0.25) is 9.59 Å². The van der Waals surface area contributed by atoms with Crippen LogP contribution < -0.4 is 5.84 Å². The van der Waals surface area contributed by atoms with Crippen LogP contribution in [-0.2, 0) is 9.59 Å². The standard InChI is InChI=1S/C9H10N2O2/c10-11-8(12)6-4-1-2-5(3-4)7(6)9(11)13/h1-2,4-7H,3,10H2/t4-,5+,6-,7-/m1/s1. The zero-order chi connectivity index (χ0) is 9.16. The summed E-state index contributed by atoms with van der Waals surface area (Å²) in [5, 5.41) is 0.807. The van der Waals surface area contributed by atoms with Gasteiger partial charge in [-0.25, -0.2) is 10.9 Å². The van der Waals surface area contributed by atoms with Gasteiger partial charge in [0.1, 0.15) is 0 Å². The highest BCUT2D eigenvalue weighted by Gasteiger charge is 2.58. The molecule has 4 heteroatoms. The van der Waals surface area contributed by atoms with Crippen molar-refractivity contribution in [3.63, 3.8) is 0 Å². The number of hydrogen-bond donors (Lipinski definition) is 1. The Morgan fingerprint density at radius 1 is 1.15 bits per heavy atom. The SMILES string of the molecule is NN1C(=O)[C@H]2[C@H](C1=O)[C@H]1C=C[C@@H]2C1. The molecular weight excluding hydrogens is 168 g/mol. The summed E-state index contributed by atoms with van der Waals surface area (Å²) in [4.78, 5) is 23.1. The van der Waals surface area contributed by atoms with Crippen molar-refractivity contribution in [3.8, 4) is 0 Å². The maximum atomic E-state index is 11.5. The highest BCUT2D eigenvalue weighted by molar-refractivity contribution is 6.05. The lowest BCUT2D eigenvalue weighted by Gasteiger charge is -2.14. The first-order valence-electron chi connectivity index (χ1n) is 4.51. The number of allylic oxidation sites excluding steroid dienone is 2. The largest absolute Gasteiger partial charge is 0.273 e. The molecule has 1 heterocycles. The fraction of sp³-hybridized carbons (Fsp3) is 0.556. The Kier molecular flexibility index (Phi) is 1.12. The van der Waals surface area contributed by atoms with Crippen molar-refractivity contribution in [1.82, 2.24) is 5.01 Å². The quantitative estimate of drug-likeness (QED) is 0.239. The fourth-order valence-electron chi connectivity index (χ4n) is 2.93. The third-order valence-electron chi connectivity index (χ3n) is 3.50. The summed E-state index contributed by atoms with van der Waals surface area (Å²) >= 11 is 0. The number of carbonyl (C=O) groups is 2. The van der Waals surface area contributed by atoms with E-state index < -0.39 is 0 Å². The van der Waals surface area contributed by atoms with Crippen LogP contribution in [0.25, 0.3) is 0 Å². The van der Waals surface area contributed by atoms with Crippen LogP contribution in [-0.4, -0.2) is 16.8 Å². The van der Waals surface area contributed by atoms with Crippen LogP contribution >= 0.6 is 0 Å². The Morgan fingerprint density at radius 3 is 2.08 bits per heavy atom. The van der Waals surface area contributed by atoms with E-state index in [1.165, 1.54) is 0 Å². The van der Waals surface area contributed by atoms with Crippen molar-refractivity contribution in [2.45, 2.75) is 6.42 Å². The molecule has 0 spiro atoms. The molecule has 0 unspecified atom stereocenters. The van der Waals surface area contributed by atoms with Crippen molar-refractivity contribution >= 4 is 11.8 Å². The van der Waals surface area contributed by atoms with Gasteiger partial charge in [-0.1, -0.05) is 12.2 Å². The van der Waals surface area contributed by atoms with Crippen LogP contribution in [0.4, 0.5) is 0 Å². The number of fused-ring (bicyclic) bond motifs is 5. The molecule has 3 rings (SSSR count). The van der Waals surface area contributed by atoms with Crippen LogP contribution in [0.3, 0.4) is 0 Å². The second-order valence-electron chi connectivity index (χ2n) is 4.05. The van der Waals surface area contributed by atoms with Gasteiger partial charge in [0.05, 0.1) is 11.8 Å². The van der Waals surface area contributed by atoms with Crippen molar-refractivity contribution in [1.29, 1.82) is 0 Å². The molecule has 4 nitrogen and oxygen atoms in total. The number of nitrogens with two attached hydrogens (primary N) is 1. The van der Waals surface area contributed by atoms with Gasteiger partial charge in [-0.05, 0) is 18.3 Å². The lowest BCUT2D eigenvalue weighted by atomic mass is 9.85. The first-order valence-corrected chi connectivity index (χ1v) is 4.51. The molecule has 2 fully saturated rings. The van der Waals surface area contributed by atoms with Gasteiger partial charge >= 0.3 is 0 Å². The minimum atomic E-state index is -0.188. The summed E-state index contributed by atoms with van der Waals surface area (Å²) in [6.07, 6.45) is 5.06. The van der Waals surface area contributed by atoms with E-state index in [-0.39, 0.29) is 35.5 Å². The molecule has 4 atom stereocenters. The summed E-state index contributed by atoms with van der Waals surface area (Å²) in [6.45, 7) is 0. The van der Waals surface area contributed by atoms with E-state index >= 15 is 0 Å². The summed E-state index contributed by atoms with van der Waals surface area (Å²) in [5.41, 5.74) is 0. The van der Waals surface area contributed by atoms with Gasteiger partial charge in [-0.15, -0.1) is 0 Å². The third kappa shape index (κ3) is 0.659. The van der Waals surface area contributed by atoms with E-state index in [2.05, 4.69) is 12.2 Å². The molecule has 0 aromatic rings. The number of carbonyl (C=O) groups excluding carboxylic acids is 2. The van der Waals surface area contributed by atoms with E-state index in [9.17, 15) is 9.59 Å². The molecular formula is C9H10N2O2. The first kappa shape index (κ1) is 7.26. The van der Waals surface area contributed by atoms with Crippen molar-refractivity contribution in [2.24, 2.45) is 29.5 Å². The Bertz CT molecular complexity index is 307. The number of rotatable bonds is 0. The lowest BCUT2D eigenvalue weighted by molar-refractivity contribution is -0.141. The fourth-order valence-corrected chi connectivity index (χ4v) is 2.93. The second-order valence-corrected chi connectivity index (χ2v) is 4.05. The molecule has 3 aliphatic rings. The van der Waals surface area contributed by atoms with Crippen LogP contribution in [0.2, 0.25) is 0 Å². The number of amides is 2. The minimum Gasteiger partial charge on any atom is -0.273 e. The van der Waals surface area contributed by atoms with E-state index in [1.807, 2.05) is 0 Å². The molecule has 1 saturated carbocycles. The Balaban J connectivity index is 2.08. The number of imide groups is 1. The van der Waals surface area contributed by atoms with Crippen LogP contribution in [0.15, 0.2) is 12.2 Å². The van der Waals surface area contributed by atoms with Gasteiger partial charge in [0.15, 0.2) is 0 Å². The number of hydrazine groups is 1. The van der Waals surface area contributed by atoms with Gasteiger partial charge < -0.3 is 0 Å². The molecule has 2 N–H and O–H groups in total. The summed E-state index contributed by atoms with van der Waals surface area (Å²) < 4.78 is 0. The Hall–Kier alpha value is -1.16. The lowest BCUT2D eigenvalue weighted by Crippen LogP contribution is -2.38. The molecule has 2 amide bonds. The van der Waals surface area contributed by atoms with Gasteiger partial charge in [0.2, 0.25) is 11.8 Å². The smallest absolute Gasteiger partial charge is 0.248 e. The summed E-state index contributed by atoms with van der Waals surface area (Å²) in [6, 6.07) is 0. The monoisotopic (exact) mass is 178 g/mol. The molecule has 1 saturated heterocycles. The van der Waals surface area contributed by atoms with Crippen LogP contribution in [0.5, 0.6) is 0 Å². The van der Waals surface area contributed by atoms with Crippen molar-refractivity contribution < 1.29 is 9.59 Å². The number of hydrogen-bond acceptors (Lipinski definition) is 3. The third-order valence-corrected chi connectivity index (χ3v) is 3.50. The van der Waals surface area contributed by atoms with E-state index in [4.69, 9.17) is 5.84 Å². The van der Waals surface area contributed by atoms with Crippen molar-refractivity contribution in [3.05, 3.63) is 12.2 Å². The maximum Gasteiger partial charge on any atom is 0.248 e. The van der Waals surface area contributed by atoms with Crippen LogP contribution in [0.1, 0.15) is 6.42 Å². The second kappa shape index (κ2) is 2.01. The normalized spacial score (nSPS) is 46.4. The minimum absolute atomic E-state index is 0.146. The maximum absolute atomic E-state index is 11.5. The highest BCUT2D eigenvalue weighted by atomic mass is 16.2. The van der Waals surface area contributed by atoms with Gasteiger partial charge in [0.25, 0.3) is 0 Å². The molecule has 68 valence electrons. The van der Waals surface area contributed by atoms with Gasteiger partial charge in [0, 0.05) is 0 Å². The molecule has 0 aromatic carbocycles. The van der Waals surface area contributed by atoms with E-state index in [1.54, 1.807) is 0 Å². The molecule has 13 heavy (non-hydrogen) atoms. The Morgan fingerprint density at radius 2 is 1.62 bits per heavy atom. The predicted molar refractivity (Wildman–Crippen MR) is 43.8 cm³/mol. The Labute approximate surface area is 75.3 Å². The van der Waals surface area contributed by atoms with E-state index in [0.717, 1.165) is 11.4 Å². The molecule has 0 aromatic heterocycles. The van der Waals surface area contributed by atoms with Gasteiger partial charge in [-0.2, -0.15) is 0 Å². The molecule has 1 aliphatic heterocycles. The average molecular weight is 178 g/mol. The topological polar surface area (TPSA) is 63.4 Å². The summed E-state index contributed by atoms with van der Waals surface area (Å²) in [7, 11) is 0. The van der Waals surface area contributed by atoms with Crippen LogP contribution in [0, 0.1) is 23.7 Å². The number of nitrogens with zero attached hydrogens (tertiary/aromatic N) is 1. The van der Waals surface area contributed by atoms with Crippen molar-refractivity contribution in [2.75, 3.05) is 0 Å². The molecule has 0 radical (unpaired) electrons. The highest BCUT2D eigenvalue weighted by Crippen LogP contribution is 2.51. The molecule has 2 bridgehead atoms. The zero-order valence-electron chi connectivity index (χ0n) is 7.01. The first-order chi connectivity index (χ1) is 6.20. The average Bonchev–Trinajstić information content (AvgIpc) is 2.76. The predicted octanol–water partition coefficient (Wildman–Crippen LogP) is -0.333. The molecule has 2 aliphatic carbocycles. The zero-order valence-corrected chi connectivity index (χ0v) is 7.01.